The molecule has 2 aromatic heterocycles. The lowest BCUT2D eigenvalue weighted by molar-refractivity contribution is 0.0938. The van der Waals surface area contributed by atoms with E-state index in [1.807, 2.05) is 51.1 Å². The Hall–Kier alpha value is -3.15. The molecular weight excluding hydrogens is 330 g/mol. The summed E-state index contributed by atoms with van der Waals surface area (Å²) in [5.41, 5.74) is 2.99. The van der Waals surface area contributed by atoms with Crippen molar-refractivity contribution in [1.82, 2.24) is 15.5 Å². The van der Waals surface area contributed by atoms with Crippen LogP contribution in [0.4, 0.5) is 0 Å². The molecule has 0 atom stereocenters. The summed E-state index contributed by atoms with van der Waals surface area (Å²) in [7, 11) is 0. The predicted molar refractivity (Wildman–Crippen MR) is 97.8 cm³/mol. The molecule has 1 amide bonds. The number of rotatable bonds is 6. The van der Waals surface area contributed by atoms with E-state index in [0.29, 0.717) is 23.8 Å². The topological polar surface area (TPSA) is 77.2 Å². The number of hydrogen-bond donors (Lipinski definition) is 1. The third-order valence-corrected chi connectivity index (χ3v) is 3.80. The molecule has 0 radical (unpaired) electrons. The van der Waals surface area contributed by atoms with Gasteiger partial charge < -0.3 is 14.6 Å². The lowest BCUT2D eigenvalue weighted by Crippen LogP contribution is -2.30. The van der Waals surface area contributed by atoms with Gasteiger partial charge in [-0.05, 0) is 32.9 Å². The van der Waals surface area contributed by atoms with Crippen LogP contribution in [-0.2, 0) is 6.61 Å². The third kappa shape index (κ3) is 4.08. The molecule has 0 bridgehead atoms. The van der Waals surface area contributed by atoms with E-state index >= 15 is 0 Å². The van der Waals surface area contributed by atoms with Crippen molar-refractivity contribution in [2.24, 2.45) is 0 Å². The molecule has 0 saturated carbocycles. The fourth-order valence-electron chi connectivity index (χ4n) is 2.48. The fraction of sp³-hybridized carbons (Fsp3) is 0.250. The van der Waals surface area contributed by atoms with Gasteiger partial charge in [0, 0.05) is 11.6 Å². The van der Waals surface area contributed by atoms with Crippen LogP contribution in [-0.4, -0.2) is 22.1 Å². The smallest absolute Gasteiger partial charge is 0.270 e. The van der Waals surface area contributed by atoms with Crippen molar-refractivity contribution in [1.29, 1.82) is 0 Å². The molecule has 1 aromatic carbocycles. The molecule has 6 nitrogen and oxygen atoms in total. The van der Waals surface area contributed by atoms with Crippen LogP contribution >= 0.6 is 0 Å². The summed E-state index contributed by atoms with van der Waals surface area (Å²) in [6, 6.07) is 13.3. The highest BCUT2D eigenvalue weighted by atomic mass is 16.5. The molecule has 3 aromatic rings. The highest BCUT2D eigenvalue weighted by molar-refractivity contribution is 5.92. The maximum Gasteiger partial charge on any atom is 0.270 e. The molecule has 0 unspecified atom stereocenters. The number of aromatic nitrogens is 2. The number of nitrogens with one attached hydrogen (secondary N) is 1. The Kier molecular flexibility index (Phi) is 5.31. The molecule has 26 heavy (non-hydrogen) atoms. The Labute approximate surface area is 152 Å². The van der Waals surface area contributed by atoms with Gasteiger partial charge in [0.1, 0.15) is 29.5 Å². The van der Waals surface area contributed by atoms with Crippen molar-refractivity contribution in [2.75, 3.05) is 0 Å². The van der Waals surface area contributed by atoms with E-state index in [-0.39, 0.29) is 11.9 Å². The number of ether oxygens (including phenoxy) is 1. The Bertz CT molecular complexity index is 871. The molecule has 2 heterocycles. The van der Waals surface area contributed by atoms with E-state index in [0.717, 1.165) is 16.8 Å². The van der Waals surface area contributed by atoms with Gasteiger partial charge >= 0.3 is 0 Å². The van der Waals surface area contributed by atoms with Crippen LogP contribution in [0.2, 0.25) is 0 Å². The average Bonchev–Trinajstić information content (AvgIpc) is 3.01. The highest BCUT2D eigenvalue weighted by Gasteiger charge is 2.15. The molecule has 0 fully saturated rings. The van der Waals surface area contributed by atoms with Crippen molar-refractivity contribution < 1.29 is 14.1 Å². The van der Waals surface area contributed by atoms with Gasteiger partial charge in [0.05, 0.1) is 11.8 Å². The van der Waals surface area contributed by atoms with Gasteiger partial charge in [-0.3, -0.25) is 4.79 Å². The second kappa shape index (κ2) is 7.82. The molecule has 0 aliphatic carbocycles. The Balaban J connectivity index is 1.70. The summed E-state index contributed by atoms with van der Waals surface area (Å²) in [6.45, 7) is 5.97. The maximum atomic E-state index is 11.9. The predicted octanol–water partition coefficient (Wildman–Crippen LogP) is 3.76. The number of carbonyl (C=O) groups excluding carboxylic acids is 1. The summed E-state index contributed by atoms with van der Waals surface area (Å²) in [6.07, 6.45) is 1.54. The highest BCUT2D eigenvalue weighted by Crippen LogP contribution is 2.26. The minimum Gasteiger partial charge on any atom is -0.487 e. The van der Waals surface area contributed by atoms with Gasteiger partial charge in [0.2, 0.25) is 0 Å². The number of pyridine rings is 1. The zero-order valence-electron chi connectivity index (χ0n) is 15.0. The van der Waals surface area contributed by atoms with Crippen LogP contribution < -0.4 is 10.1 Å². The van der Waals surface area contributed by atoms with Crippen LogP contribution in [0.3, 0.4) is 0 Å². The Morgan fingerprint density at radius 1 is 1.19 bits per heavy atom. The first-order valence-electron chi connectivity index (χ1n) is 8.45. The number of carbonyl (C=O) groups is 1. The molecule has 0 saturated heterocycles. The normalized spacial score (nSPS) is 10.8. The van der Waals surface area contributed by atoms with Gasteiger partial charge in [0.15, 0.2) is 0 Å². The standard InChI is InChI=1S/C20H21N3O3/c1-13(2)22-20(24)18-10-9-16(11-21-18)25-12-17-14(3)26-23-19(17)15-7-5-4-6-8-15/h4-11,13H,12H2,1-3H3,(H,22,24). The van der Waals surface area contributed by atoms with Crippen LogP contribution in [0.25, 0.3) is 11.3 Å². The van der Waals surface area contributed by atoms with Crippen LogP contribution in [0.1, 0.15) is 35.7 Å². The van der Waals surface area contributed by atoms with Gasteiger partial charge in [-0.15, -0.1) is 0 Å². The summed E-state index contributed by atoms with van der Waals surface area (Å²) in [5, 5.41) is 6.94. The second-order valence-electron chi connectivity index (χ2n) is 6.23. The summed E-state index contributed by atoms with van der Waals surface area (Å²) >= 11 is 0. The van der Waals surface area contributed by atoms with Crippen molar-refractivity contribution in [3.05, 3.63) is 65.7 Å². The van der Waals surface area contributed by atoms with E-state index in [2.05, 4.69) is 15.5 Å². The molecule has 0 aliphatic heterocycles. The minimum atomic E-state index is -0.201. The number of hydrogen-bond acceptors (Lipinski definition) is 5. The summed E-state index contributed by atoms with van der Waals surface area (Å²) < 4.78 is 11.1. The zero-order chi connectivity index (χ0) is 18.5. The van der Waals surface area contributed by atoms with Gasteiger partial charge in [-0.25, -0.2) is 4.98 Å². The number of amides is 1. The Morgan fingerprint density at radius 2 is 1.96 bits per heavy atom. The van der Waals surface area contributed by atoms with E-state index in [4.69, 9.17) is 9.26 Å². The maximum absolute atomic E-state index is 11.9. The molecule has 6 heteroatoms. The molecular formula is C20H21N3O3. The van der Waals surface area contributed by atoms with Crippen molar-refractivity contribution in [3.8, 4) is 17.0 Å². The minimum absolute atomic E-state index is 0.0631. The van der Waals surface area contributed by atoms with Crippen LogP contribution in [0.15, 0.2) is 53.2 Å². The van der Waals surface area contributed by atoms with Crippen molar-refractivity contribution >= 4 is 5.91 Å². The molecule has 0 aliphatic rings. The van der Waals surface area contributed by atoms with Crippen LogP contribution in [0, 0.1) is 6.92 Å². The number of nitrogens with zero attached hydrogens (tertiary/aromatic N) is 2. The van der Waals surface area contributed by atoms with Gasteiger partial charge in [-0.1, -0.05) is 35.5 Å². The first kappa shape index (κ1) is 17.7. The lowest BCUT2D eigenvalue weighted by atomic mass is 10.1. The molecule has 134 valence electrons. The number of aryl methyl sites for hydroxylation is 1. The third-order valence-electron chi connectivity index (χ3n) is 3.80. The molecule has 3 rings (SSSR count). The van der Waals surface area contributed by atoms with E-state index in [9.17, 15) is 4.79 Å². The number of benzene rings is 1. The van der Waals surface area contributed by atoms with Gasteiger partial charge in [-0.2, -0.15) is 0 Å². The van der Waals surface area contributed by atoms with Crippen LogP contribution in [0.5, 0.6) is 5.75 Å². The van der Waals surface area contributed by atoms with Crippen molar-refractivity contribution in [3.63, 3.8) is 0 Å². The molecule has 1 N–H and O–H groups in total. The van der Waals surface area contributed by atoms with E-state index in [1.165, 1.54) is 0 Å². The second-order valence-corrected chi connectivity index (χ2v) is 6.23. The van der Waals surface area contributed by atoms with Gasteiger partial charge in [0.25, 0.3) is 5.91 Å². The largest absolute Gasteiger partial charge is 0.487 e. The van der Waals surface area contributed by atoms with E-state index < -0.39 is 0 Å². The zero-order valence-corrected chi connectivity index (χ0v) is 15.0. The van der Waals surface area contributed by atoms with E-state index in [1.54, 1.807) is 18.3 Å². The quantitative estimate of drug-likeness (QED) is 0.731. The monoisotopic (exact) mass is 351 g/mol. The van der Waals surface area contributed by atoms with Crippen molar-refractivity contribution in [2.45, 2.75) is 33.4 Å². The summed E-state index contributed by atoms with van der Waals surface area (Å²) in [5.74, 6) is 1.09. The fourth-order valence-corrected chi connectivity index (χ4v) is 2.48. The first-order valence-corrected chi connectivity index (χ1v) is 8.45. The summed E-state index contributed by atoms with van der Waals surface area (Å²) in [4.78, 5) is 16.1. The lowest BCUT2D eigenvalue weighted by Gasteiger charge is -2.09. The first-order chi connectivity index (χ1) is 12.5. The Morgan fingerprint density at radius 3 is 2.62 bits per heavy atom. The molecule has 0 spiro atoms. The average molecular weight is 351 g/mol. The SMILES string of the molecule is Cc1onc(-c2ccccc2)c1COc1ccc(C(=O)NC(C)C)nc1.